The van der Waals surface area contributed by atoms with E-state index < -0.39 is 10.0 Å². The Hall–Kier alpha value is -0.390. The van der Waals surface area contributed by atoms with Gasteiger partial charge in [0.25, 0.3) is 0 Å². The van der Waals surface area contributed by atoms with Crippen molar-refractivity contribution in [3.05, 3.63) is 27.7 Å². The molecule has 0 aliphatic rings. The first kappa shape index (κ1) is 12.7. The lowest BCUT2D eigenvalue weighted by Crippen LogP contribution is -2.13. The molecule has 0 amide bonds. The molecule has 3 nitrogen and oxygen atoms in total. The average molecular weight is 292 g/mol. The van der Waals surface area contributed by atoms with Gasteiger partial charge in [-0.1, -0.05) is 29.8 Å². The first-order chi connectivity index (χ1) is 6.90. The van der Waals surface area contributed by atoms with Crippen LogP contribution in [0, 0.1) is 0 Å². The Kier molecular flexibility index (Phi) is 3.92. The maximum absolute atomic E-state index is 11.2. The van der Waals surface area contributed by atoms with Crippen molar-refractivity contribution in [1.29, 1.82) is 0 Å². The molecule has 1 aromatic rings. The average Bonchev–Trinajstić information content (AvgIpc) is 2.16. The summed E-state index contributed by atoms with van der Waals surface area (Å²) in [6.45, 7) is 3.96. The van der Waals surface area contributed by atoms with E-state index in [1.165, 1.54) is 0 Å². The highest BCUT2D eigenvalue weighted by molar-refractivity contribution is 9.10. The molecule has 0 saturated heterocycles. The largest absolute Gasteiger partial charge is 0.238 e. The number of nitrogens with two attached hydrogens (primary N) is 1. The fraction of sp³-hybridized carbons (Fsp3) is 0.400. The Morgan fingerprint density at radius 1 is 1.20 bits per heavy atom. The smallest absolute Gasteiger partial charge is 0.225 e. The monoisotopic (exact) mass is 291 g/mol. The third-order valence-corrected chi connectivity index (χ3v) is 4.20. The van der Waals surface area contributed by atoms with Crippen molar-refractivity contribution in [2.75, 3.05) is 0 Å². The second-order valence-electron chi connectivity index (χ2n) is 3.31. The van der Waals surface area contributed by atoms with Crippen molar-refractivity contribution in [3.8, 4) is 0 Å². The minimum absolute atomic E-state index is 0.194. The Balaban J connectivity index is 3.47. The second-order valence-corrected chi connectivity index (χ2v) is 5.66. The van der Waals surface area contributed by atoms with Gasteiger partial charge in [0.1, 0.15) is 0 Å². The fourth-order valence-electron chi connectivity index (χ4n) is 1.40. The Morgan fingerprint density at radius 3 is 1.87 bits per heavy atom. The summed E-state index contributed by atoms with van der Waals surface area (Å²) in [5, 5.41) is 5.11. The maximum atomic E-state index is 11.2. The predicted molar refractivity (Wildman–Crippen MR) is 64.3 cm³/mol. The Bertz CT molecular complexity index is 443. The van der Waals surface area contributed by atoms with Crippen LogP contribution in [0.2, 0.25) is 0 Å². The van der Waals surface area contributed by atoms with Crippen LogP contribution in [-0.4, -0.2) is 8.42 Å². The van der Waals surface area contributed by atoms with E-state index >= 15 is 0 Å². The summed E-state index contributed by atoms with van der Waals surface area (Å²) < 4.78 is 23.5. The molecule has 15 heavy (non-hydrogen) atoms. The number of rotatable bonds is 3. The van der Waals surface area contributed by atoms with Crippen LogP contribution >= 0.6 is 15.9 Å². The normalized spacial score (nSPS) is 11.7. The van der Waals surface area contributed by atoms with E-state index in [9.17, 15) is 8.42 Å². The van der Waals surface area contributed by atoms with Crippen molar-refractivity contribution in [2.45, 2.75) is 31.6 Å². The highest BCUT2D eigenvalue weighted by Crippen LogP contribution is 2.26. The number of hydrogen-bond acceptors (Lipinski definition) is 2. The number of halogens is 1. The van der Waals surface area contributed by atoms with Crippen LogP contribution in [0.5, 0.6) is 0 Å². The van der Waals surface area contributed by atoms with E-state index in [0.717, 1.165) is 28.4 Å². The third-order valence-electron chi connectivity index (χ3n) is 2.29. The van der Waals surface area contributed by atoms with Gasteiger partial charge in [-0.25, -0.2) is 13.6 Å². The Morgan fingerprint density at radius 2 is 1.60 bits per heavy atom. The van der Waals surface area contributed by atoms with Gasteiger partial charge >= 0.3 is 0 Å². The molecule has 0 heterocycles. The molecular weight excluding hydrogens is 278 g/mol. The Labute approximate surface area is 98.9 Å². The second kappa shape index (κ2) is 4.63. The van der Waals surface area contributed by atoms with E-state index in [4.69, 9.17) is 5.14 Å². The number of benzene rings is 1. The van der Waals surface area contributed by atoms with E-state index in [1.807, 2.05) is 13.8 Å². The van der Waals surface area contributed by atoms with Gasteiger partial charge in [-0.2, -0.15) is 0 Å². The summed E-state index contributed by atoms with van der Waals surface area (Å²) >= 11 is 3.47. The number of aryl methyl sites for hydroxylation is 2. The van der Waals surface area contributed by atoms with Crippen LogP contribution in [0.3, 0.4) is 0 Å². The zero-order chi connectivity index (χ0) is 11.6. The van der Waals surface area contributed by atoms with Gasteiger partial charge in [-0.3, -0.25) is 0 Å². The van der Waals surface area contributed by atoms with Crippen molar-refractivity contribution >= 4 is 26.0 Å². The standard InChI is InChI=1S/C10H14BrNO2S/c1-3-7-5-9(15(12,13)14)6-8(4-2)10(7)11/h5-6H,3-4H2,1-2H3,(H2,12,13,14). The van der Waals surface area contributed by atoms with Gasteiger partial charge in [0.2, 0.25) is 10.0 Å². The summed E-state index contributed by atoms with van der Waals surface area (Å²) in [6, 6.07) is 3.25. The lowest BCUT2D eigenvalue weighted by atomic mass is 10.1. The predicted octanol–water partition coefficient (Wildman–Crippen LogP) is 2.22. The van der Waals surface area contributed by atoms with Gasteiger partial charge in [0.05, 0.1) is 4.90 Å². The first-order valence-corrected chi connectivity index (χ1v) is 7.08. The summed E-state index contributed by atoms with van der Waals surface area (Å²) in [6.07, 6.45) is 1.55. The van der Waals surface area contributed by atoms with Crippen LogP contribution in [0.25, 0.3) is 0 Å². The molecule has 0 saturated carbocycles. The molecule has 0 unspecified atom stereocenters. The zero-order valence-corrected chi connectivity index (χ0v) is 11.2. The molecule has 0 aromatic heterocycles. The van der Waals surface area contributed by atoms with Crippen molar-refractivity contribution in [1.82, 2.24) is 0 Å². The number of sulfonamides is 1. The van der Waals surface area contributed by atoms with E-state index in [-0.39, 0.29) is 4.90 Å². The topological polar surface area (TPSA) is 60.2 Å². The molecule has 1 aromatic carbocycles. The van der Waals surface area contributed by atoms with Crippen molar-refractivity contribution < 1.29 is 8.42 Å². The van der Waals surface area contributed by atoms with Crippen LogP contribution < -0.4 is 5.14 Å². The summed E-state index contributed by atoms with van der Waals surface area (Å²) in [4.78, 5) is 0.194. The van der Waals surface area contributed by atoms with Crippen LogP contribution in [0.1, 0.15) is 25.0 Å². The maximum Gasteiger partial charge on any atom is 0.238 e. The molecule has 0 bridgehead atoms. The minimum atomic E-state index is -3.61. The minimum Gasteiger partial charge on any atom is -0.225 e. The van der Waals surface area contributed by atoms with Gasteiger partial charge in [-0.05, 0) is 36.1 Å². The molecule has 5 heteroatoms. The highest BCUT2D eigenvalue weighted by Gasteiger charge is 2.13. The molecule has 0 fully saturated rings. The molecule has 0 atom stereocenters. The molecule has 84 valence electrons. The first-order valence-electron chi connectivity index (χ1n) is 4.74. The quantitative estimate of drug-likeness (QED) is 0.928. The lowest BCUT2D eigenvalue weighted by molar-refractivity contribution is 0.597. The molecule has 0 radical (unpaired) electrons. The van der Waals surface area contributed by atoms with Gasteiger partial charge in [0.15, 0.2) is 0 Å². The van der Waals surface area contributed by atoms with E-state index in [1.54, 1.807) is 12.1 Å². The highest BCUT2D eigenvalue weighted by atomic mass is 79.9. The van der Waals surface area contributed by atoms with Gasteiger partial charge < -0.3 is 0 Å². The molecule has 0 aliphatic heterocycles. The summed E-state index contributed by atoms with van der Waals surface area (Å²) in [5.74, 6) is 0. The molecule has 0 aliphatic carbocycles. The third kappa shape index (κ3) is 2.80. The van der Waals surface area contributed by atoms with Crippen LogP contribution in [0.4, 0.5) is 0 Å². The van der Waals surface area contributed by atoms with Crippen molar-refractivity contribution in [2.24, 2.45) is 5.14 Å². The number of hydrogen-bond donors (Lipinski definition) is 1. The van der Waals surface area contributed by atoms with E-state index in [2.05, 4.69) is 15.9 Å². The summed E-state index contributed by atoms with van der Waals surface area (Å²) in [5.41, 5.74) is 1.94. The molecule has 1 rings (SSSR count). The molecule has 0 spiro atoms. The fourth-order valence-corrected chi connectivity index (χ4v) is 2.80. The summed E-state index contributed by atoms with van der Waals surface area (Å²) in [7, 11) is -3.61. The van der Waals surface area contributed by atoms with E-state index in [0.29, 0.717) is 0 Å². The zero-order valence-electron chi connectivity index (χ0n) is 8.75. The van der Waals surface area contributed by atoms with Crippen LogP contribution in [0.15, 0.2) is 21.5 Å². The molecule has 2 N–H and O–H groups in total. The van der Waals surface area contributed by atoms with Crippen LogP contribution in [-0.2, 0) is 22.9 Å². The van der Waals surface area contributed by atoms with Crippen molar-refractivity contribution in [3.63, 3.8) is 0 Å². The van der Waals surface area contributed by atoms with Gasteiger partial charge in [-0.15, -0.1) is 0 Å². The lowest BCUT2D eigenvalue weighted by Gasteiger charge is -2.09. The number of primary sulfonamides is 1. The SMILES string of the molecule is CCc1cc(S(N)(=O)=O)cc(CC)c1Br. The van der Waals surface area contributed by atoms with Gasteiger partial charge in [0, 0.05) is 4.47 Å². The molecular formula is C10H14BrNO2S.